The van der Waals surface area contributed by atoms with E-state index in [9.17, 15) is 0 Å². The Labute approximate surface area is 191 Å². The number of hydrogen-bond acceptors (Lipinski definition) is 6. The molecule has 0 spiro atoms. The van der Waals surface area contributed by atoms with E-state index in [1.54, 1.807) is 0 Å². The molecule has 32 heavy (non-hydrogen) atoms. The van der Waals surface area contributed by atoms with Gasteiger partial charge >= 0.3 is 0 Å². The summed E-state index contributed by atoms with van der Waals surface area (Å²) in [6.45, 7) is 7.20. The molecule has 2 heterocycles. The summed E-state index contributed by atoms with van der Waals surface area (Å²) in [5.41, 5.74) is 4.97. The number of hydrogen-bond donors (Lipinski definition) is 2. The maximum absolute atomic E-state index is 5.46. The fraction of sp³-hybridized carbons (Fsp3) is 0.500. The van der Waals surface area contributed by atoms with Crippen LogP contribution in [0.15, 0.2) is 48.5 Å². The molecule has 2 saturated heterocycles. The van der Waals surface area contributed by atoms with Crippen molar-refractivity contribution in [3.05, 3.63) is 54.6 Å². The molecule has 1 saturated carbocycles. The van der Waals surface area contributed by atoms with Crippen molar-refractivity contribution in [3.63, 3.8) is 0 Å². The number of nitrogens with one attached hydrogen (secondary N) is 2. The first-order valence-corrected chi connectivity index (χ1v) is 12.1. The molecule has 1 aliphatic carbocycles. The molecule has 5 rings (SSSR count). The van der Waals surface area contributed by atoms with Gasteiger partial charge in [0.2, 0.25) is 0 Å². The number of ether oxygens (including phenoxy) is 2. The summed E-state index contributed by atoms with van der Waals surface area (Å²) in [6.07, 6.45) is 4.65. The lowest BCUT2D eigenvalue weighted by atomic mass is 9.90. The molecule has 2 aromatic rings. The quantitative estimate of drug-likeness (QED) is 0.703. The van der Waals surface area contributed by atoms with Gasteiger partial charge in [0.15, 0.2) is 0 Å². The molecule has 0 bridgehead atoms. The van der Waals surface area contributed by atoms with Crippen molar-refractivity contribution in [2.24, 2.45) is 0 Å². The van der Waals surface area contributed by atoms with E-state index in [0.29, 0.717) is 6.04 Å². The van der Waals surface area contributed by atoms with Crippen molar-refractivity contribution in [2.75, 3.05) is 73.0 Å². The molecule has 0 amide bonds. The predicted octanol–water partition coefficient (Wildman–Crippen LogP) is 4.36. The Bertz CT molecular complexity index is 760. The largest absolute Gasteiger partial charge is 0.382 e. The first kappa shape index (κ1) is 21.4. The van der Waals surface area contributed by atoms with Crippen molar-refractivity contribution in [1.29, 1.82) is 0 Å². The molecule has 2 aliphatic heterocycles. The summed E-state index contributed by atoms with van der Waals surface area (Å²) in [5, 5.41) is 7.45. The Hall–Kier alpha value is -2.44. The number of benzene rings is 2. The van der Waals surface area contributed by atoms with Gasteiger partial charge < -0.3 is 29.9 Å². The second-order valence-electron chi connectivity index (χ2n) is 8.96. The molecule has 171 valence electrons. The van der Waals surface area contributed by atoms with Gasteiger partial charge in [-0.05, 0) is 74.2 Å². The van der Waals surface area contributed by atoms with Crippen LogP contribution in [0.5, 0.6) is 0 Å². The normalized spacial score (nSPS) is 22.6. The van der Waals surface area contributed by atoms with Crippen LogP contribution >= 0.6 is 0 Å². The molecule has 3 fully saturated rings. The Morgan fingerprint density at radius 1 is 0.688 bits per heavy atom. The van der Waals surface area contributed by atoms with Gasteiger partial charge in [-0.2, -0.15) is 0 Å². The maximum Gasteiger partial charge on any atom is 0.0642 e. The minimum Gasteiger partial charge on any atom is -0.382 e. The topological polar surface area (TPSA) is 49.0 Å². The standard InChI is InChI=1S/C26H35N4O2/c1-2-23(27-21-4-8-25(9-5-21)29-12-16-31-17-13-29)20-24(3-1)28-22-6-10-26(11-7-22)30-14-18-32-19-15-30/h4-11,23,27-28H,1-3,12-20H2. The fourth-order valence-electron chi connectivity index (χ4n) is 4.91. The van der Waals surface area contributed by atoms with Crippen LogP contribution in [0.25, 0.3) is 0 Å². The first-order chi connectivity index (χ1) is 15.8. The molecular weight excluding hydrogens is 400 g/mol. The van der Waals surface area contributed by atoms with Gasteiger partial charge in [-0.1, -0.05) is 0 Å². The van der Waals surface area contributed by atoms with Gasteiger partial charge in [-0.25, -0.2) is 0 Å². The second-order valence-corrected chi connectivity index (χ2v) is 8.96. The van der Waals surface area contributed by atoms with E-state index >= 15 is 0 Å². The molecular formula is C26H35N4O2. The van der Waals surface area contributed by atoms with Crippen LogP contribution in [-0.4, -0.2) is 58.6 Å². The zero-order chi connectivity index (χ0) is 21.6. The SMILES string of the molecule is c1cc(N2CCOCC2)ccc1N[C]1CCCC(Nc2ccc(N3CCOCC3)cc2)C1. The van der Waals surface area contributed by atoms with Crippen LogP contribution in [0.2, 0.25) is 0 Å². The molecule has 2 N–H and O–H groups in total. The van der Waals surface area contributed by atoms with Crippen molar-refractivity contribution in [3.8, 4) is 0 Å². The molecule has 1 unspecified atom stereocenters. The monoisotopic (exact) mass is 435 g/mol. The molecule has 1 atom stereocenters. The van der Waals surface area contributed by atoms with Gasteiger partial charge in [-0.3, -0.25) is 0 Å². The van der Waals surface area contributed by atoms with Gasteiger partial charge in [0, 0.05) is 55.0 Å². The highest BCUT2D eigenvalue weighted by Gasteiger charge is 2.23. The Kier molecular flexibility index (Phi) is 6.99. The van der Waals surface area contributed by atoms with Crippen LogP contribution in [0.1, 0.15) is 25.7 Å². The molecule has 6 nitrogen and oxygen atoms in total. The lowest BCUT2D eigenvalue weighted by Crippen LogP contribution is -2.36. The summed E-state index contributed by atoms with van der Waals surface area (Å²) < 4.78 is 10.9. The van der Waals surface area contributed by atoms with E-state index in [2.05, 4.69) is 69.0 Å². The highest BCUT2D eigenvalue weighted by molar-refractivity contribution is 5.58. The van der Waals surface area contributed by atoms with Crippen LogP contribution in [0.3, 0.4) is 0 Å². The highest BCUT2D eigenvalue weighted by atomic mass is 16.5. The molecule has 6 heteroatoms. The van der Waals surface area contributed by atoms with Gasteiger partial charge in [0.25, 0.3) is 0 Å². The fourth-order valence-corrected chi connectivity index (χ4v) is 4.91. The second kappa shape index (κ2) is 10.5. The van der Waals surface area contributed by atoms with Gasteiger partial charge in [0.1, 0.15) is 0 Å². The Morgan fingerprint density at radius 3 is 1.78 bits per heavy atom. The van der Waals surface area contributed by atoms with Crippen molar-refractivity contribution in [2.45, 2.75) is 31.7 Å². The number of nitrogens with zero attached hydrogens (tertiary/aromatic N) is 2. The van der Waals surface area contributed by atoms with E-state index in [1.807, 2.05) is 0 Å². The average Bonchev–Trinajstić information content (AvgIpc) is 2.86. The highest BCUT2D eigenvalue weighted by Crippen LogP contribution is 2.31. The van der Waals surface area contributed by atoms with E-state index < -0.39 is 0 Å². The smallest absolute Gasteiger partial charge is 0.0642 e. The van der Waals surface area contributed by atoms with Crippen molar-refractivity contribution >= 4 is 22.7 Å². The van der Waals surface area contributed by atoms with E-state index in [-0.39, 0.29) is 0 Å². The van der Waals surface area contributed by atoms with Crippen molar-refractivity contribution in [1.82, 2.24) is 0 Å². The maximum atomic E-state index is 5.46. The molecule has 3 aliphatic rings. The third-order valence-electron chi connectivity index (χ3n) is 6.70. The average molecular weight is 436 g/mol. The summed E-state index contributed by atoms with van der Waals surface area (Å²) in [5.74, 6) is 0. The predicted molar refractivity (Wildman–Crippen MR) is 132 cm³/mol. The van der Waals surface area contributed by atoms with E-state index in [0.717, 1.165) is 65.4 Å². The van der Waals surface area contributed by atoms with Crippen LogP contribution in [0, 0.1) is 6.04 Å². The zero-order valence-corrected chi connectivity index (χ0v) is 18.9. The molecule has 1 radical (unpaired) electrons. The van der Waals surface area contributed by atoms with E-state index in [4.69, 9.17) is 9.47 Å². The molecule has 0 aromatic heterocycles. The lowest BCUT2D eigenvalue weighted by Gasteiger charge is -2.32. The van der Waals surface area contributed by atoms with Gasteiger partial charge in [-0.15, -0.1) is 0 Å². The third kappa shape index (κ3) is 5.48. The number of rotatable bonds is 6. The lowest BCUT2D eigenvalue weighted by molar-refractivity contribution is 0.122. The third-order valence-corrected chi connectivity index (χ3v) is 6.70. The van der Waals surface area contributed by atoms with Crippen LogP contribution in [-0.2, 0) is 9.47 Å². The minimum absolute atomic E-state index is 0.480. The summed E-state index contributed by atoms with van der Waals surface area (Å²) in [6, 6.07) is 19.7. The Balaban J connectivity index is 1.12. The number of anilines is 4. The van der Waals surface area contributed by atoms with Gasteiger partial charge in [0.05, 0.1) is 32.5 Å². The van der Waals surface area contributed by atoms with Crippen molar-refractivity contribution < 1.29 is 9.47 Å². The molecule has 2 aromatic carbocycles. The zero-order valence-electron chi connectivity index (χ0n) is 18.9. The Morgan fingerprint density at radius 2 is 1.22 bits per heavy atom. The van der Waals surface area contributed by atoms with Crippen LogP contribution < -0.4 is 20.4 Å². The minimum atomic E-state index is 0.480. The summed E-state index contributed by atoms with van der Waals surface area (Å²) in [4.78, 5) is 4.79. The number of morpholine rings is 2. The first-order valence-electron chi connectivity index (χ1n) is 12.1. The van der Waals surface area contributed by atoms with Crippen LogP contribution in [0.4, 0.5) is 22.7 Å². The van der Waals surface area contributed by atoms with E-state index in [1.165, 1.54) is 41.6 Å². The summed E-state index contributed by atoms with van der Waals surface area (Å²) >= 11 is 0. The summed E-state index contributed by atoms with van der Waals surface area (Å²) in [7, 11) is 0.